The van der Waals surface area contributed by atoms with Crippen LogP contribution < -0.4 is 11.0 Å². The molecule has 7 heteroatoms. The van der Waals surface area contributed by atoms with Gasteiger partial charge in [0.1, 0.15) is 16.0 Å². The van der Waals surface area contributed by atoms with E-state index in [0.29, 0.717) is 29.6 Å². The van der Waals surface area contributed by atoms with E-state index >= 15 is 0 Å². The van der Waals surface area contributed by atoms with Crippen molar-refractivity contribution in [2.45, 2.75) is 38.1 Å². The Kier molecular flexibility index (Phi) is 4.10. The first-order valence-corrected chi connectivity index (χ1v) is 9.18. The Morgan fingerprint density at radius 2 is 2.12 bits per heavy atom. The smallest absolute Gasteiger partial charge is 0.271 e. The van der Waals surface area contributed by atoms with Gasteiger partial charge in [-0.3, -0.25) is 14.0 Å². The number of benzene rings is 1. The van der Waals surface area contributed by atoms with E-state index in [0.717, 1.165) is 24.4 Å². The minimum absolute atomic E-state index is 0.101. The lowest BCUT2D eigenvalue weighted by atomic mass is 10.1. The van der Waals surface area contributed by atoms with Gasteiger partial charge in [-0.05, 0) is 42.9 Å². The Hall–Kier alpha value is -2.90. The van der Waals surface area contributed by atoms with Crippen LogP contribution in [0.2, 0.25) is 0 Å². The molecule has 4 rings (SSSR count). The molecule has 0 bridgehead atoms. The van der Waals surface area contributed by atoms with Crippen molar-refractivity contribution in [2.75, 3.05) is 0 Å². The second kappa shape index (κ2) is 6.44. The molecule has 2 aromatic heterocycles. The van der Waals surface area contributed by atoms with Crippen LogP contribution in [0.1, 0.15) is 43.7 Å². The zero-order valence-corrected chi connectivity index (χ0v) is 14.6. The molecule has 3 aromatic rings. The summed E-state index contributed by atoms with van der Waals surface area (Å²) >= 11 is 1.14. The minimum atomic E-state index is -0.573. The van der Waals surface area contributed by atoms with Crippen LogP contribution in [0.25, 0.3) is 21.1 Å². The van der Waals surface area contributed by atoms with Crippen LogP contribution in [0.15, 0.2) is 21.7 Å². The third-order valence-electron chi connectivity index (χ3n) is 4.44. The number of H-pyrrole nitrogens is 1. The molecule has 1 saturated carbocycles. The number of halogens is 1. The number of aromatic amines is 1. The molecule has 1 aliphatic rings. The van der Waals surface area contributed by atoms with E-state index in [1.165, 1.54) is 6.07 Å². The number of hydrogen-bond acceptors (Lipinski definition) is 4. The van der Waals surface area contributed by atoms with Crippen molar-refractivity contribution in [2.24, 2.45) is 0 Å². The Bertz CT molecular complexity index is 1250. The highest BCUT2D eigenvalue weighted by atomic mass is 32.1. The molecule has 1 aliphatic carbocycles. The molecule has 0 saturated heterocycles. The second-order valence-corrected chi connectivity index (χ2v) is 7.10. The summed E-state index contributed by atoms with van der Waals surface area (Å²) in [4.78, 5) is 25.3. The normalized spacial score (nSPS) is 13.5. The van der Waals surface area contributed by atoms with E-state index in [2.05, 4.69) is 16.2 Å². The summed E-state index contributed by atoms with van der Waals surface area (Å²) in [7, 11) is 0. The van der Waals surface area contributed by atoms with Gasteiger partial charge in [-0.1, -0.05) is 11.8 Å². The van der Waals surface area contributed by atoms with Crippen molar-refractivity contribution in [1.29, 1.82) is 5.26 Å². The van der Waals surface area contributed by atoms with Crippen LogP contribution in [-0.4, -0.2) is 8.94 Å². The quantitative estimate of drug-likeness (QED) is 0.569. The molecule has 0 spiro atoms. The molecule has 2 heterocycles. The largest absolute Gasteiger partial charge is 0.328 e. The van der Waals surface area contributed by atoms with E-state index in [1.54, 1.807) is 6.07 Å². The molecule has 5 nitrogen and oxygen atoms in total. The predicted molar refractivity (Wildman–Crippen MR) is 98.8 cm³/mol. The number of fused-ring (bicyclic) bond motifs is 2. The molecule has 0 atom stereocenters. The van der Waals surface area contributed by atoms with Crippen molar-refractivity contribution in [3.63, 3.8) is 0 Å². The fourth-order valence-corrected chi connectivity index (χ4v) is 3.98. The van der Waals surface area contributed by atoms with Crippen molar-refractivity contribution in [3.8, 4) is 17.9 Å². The average Bonchev–Trinajstić information content (AvgIpc) is 3.38. The molecular weight excluding hydrogens is 353 g/mol. The van der Waals surface area contributed by atoms with Crippen molar-refractivity contribution in [3.05, 3.63) is 44.1 Å². The summed E-state index contributed by atoms with van der Waals surface area (Å²) in [5.74, 6) is 5.11. The van der Waals surface area contributed by atoms with Crippen LogP contribution in [0.4, 0.5) is 4.39 Å². The van der Waals surface area contributed by atoms with Gasteiger partial charge in [-0.15, -0.1) is 0 Å². The fraction of sp³-hybridized carbons (Fsp3) is 0.316. The summed E-state index contributed by atoms with van der Waals surface area (Å²) in [6, 6.07) is 5.05. The molecule has 1 N–H and O–H groups in total. The number of nitrogens with zero attached hydrogens (tertiary/aromatic N) is 2. The van der Waals surface area contributed by atoms with Gasteiger partial charge in [0.05, 0.1) is 17.1 Å². The first kappa shape index (κ1) is 16.6. The Balaban J connectivity index is 1.94. The van der Waals surface area contributed by atoms with E-state index in [9.17, 15) is 14.0 Å². The third kappa shape index (κ3) is 2.71. The Labute approximate surface area is 151 Å². The third-order valence-corrected chi connectivity index (χ3v) is 5.32. The molecule has 0 radical (unpaired) electrons. The molecule has 26 heavy (non-hydrogen) atoms. The summed E-state index contributed by atoms with van der Waals surface area (Å²) in [5.41, 5.74) is -0.0247. The van der Waals surface area contributed by atoms with Crippen LogP contribution in [0.3, 0.4) is 0 Å². The molecule has 0 unspecified atom stereocenters. The first-order chi connectivity index (χ1) is 12.6. The minimum Gasteiger partial charge on any atom is -0.328 e. The maximum absolute atomic E-state index is 14.5. The lowest BCUT2D eigenvalue weighted by molar-refractivity contribution is 0.625. The van der Waals surface area contributed by atoms with Gasteiger partial charge in [0.15, 0.2) is 0 Å². The summed E-state index contributed by atoms with van der Waals surface area (Å²) in [6.45, 7) is 0. The highest BCUT2D eigenvalue weighted by Gasteiger charge is 2.29. The topological polar surface area (TPSA) is 78.7 Å². The molecule has 0 amide bonds. The molecule has 0 aliphatic heterocycles. The number of pyridine rings is 1. The van der Waals surface area contributed by atoms with Gasteiger partial charge < -0.3 is 4.57 Å². The van der Waals surface area contributed by atoms with Gasteiger partial charge in [-0.2, -0.15) is 5.26 Å². The van der Waals surface area contributed by atoms with Crippen LogP contribution >= 0.6 is 11.5 Å². The lowest BCUT2D eigenvalue weighted by Crippen LogP contribution is -2.15. The maximum Gasteiger partial charge on any atom is 0.271 e. The number of hydrogen-bond donors (Lipinski definition) is 1. The van der Waals surface area contributed by atoms with Crippen LogP contribution in [0.5, 0.6) is 0 Å². The fourth-order valence-electron chi connectivity index (χ4n) is 3.06. The maximum atomic E-state index is 14.5. The predicted octanol–water partition coefficient (Wildman–Crippen LogP) is 3.42. The van der Waals surface area contributed by atoms with Gasteiger partial charge in [0.25, 0.3) is 5.56 Å². The molecule has 130 valence electrons. The molecular formula is C19H14FN3O2S. The summed E-state index contributed by atoms with van der Waals surface area (Å²) in [6.07, 6.45) is 3.50. The zero-order valence-electron chi connectivity index (χ0n) is 13.8. The highest BCUT2D eigenvalue weighted by Crippen LogP contribution is 2.40. The van der Waals surface area contributed by atoms with E-state index in [4.69, 9.17) is 5.26 Å². The Morgan fingerprint density at radius 3 is 2.85 bits per heavy atom. The van der Waals surface area contributed by atoms with Gasteiger partial charge in [0.2, 0.25) is 5.43 Å². The van der Waals surface area contributed by atoms with E-state index < -0.39 is 16.8 Å². The van der Waals surface area contributed by atoms with Crippen LogP contribution in [0, 0.1) is 29.0 Å². The number of nitriles is 1. The number of aromatic nitrogens is 2. The van der Waals surface area contributed by atoms with E-state index in [1.807, 2.05) is 10.6 Å². The van der Waals surface area contributed by atoms with Crippen molar-refractivity contribution in [1.82, 2.24) is 8.94 Å². The van der Waals surface area contributed by atoms with E-state index in [-0.39, 0.29) is 22.4 Å². The molecule has 1 fully saturated rings. The summed E-state index contributed by atoms with van der Waals surface area (Å²) in [5, 5.41) is 8.84. The zero-order chi connectivity index (χ0) is 18.3. The number of rotatable bonds is 3. The van der Waals surface area contributed by atoms with Crippen molar-refractivity contribution < 1.29 is 4.39 Å². The monoisotopic (exact) mass is 367 g/mol. The van der Waals surface area contributed by atoms with Gasteiger partial charge in [0, 0.05) is 24.3 Å². The molecule has 1 aromatic carbocycles. The average molecular weight is 367 g/mol. The first-order valence-electron chi connectivity index (χ1n) is 8.36. The number of nitrogens with one attached hydrogen (secondary N) is 1. The SMILES string of the molecule is N#CCCCC#Cc1cc2c(cc1F)c(=O)c1c(=O)[nH]sc1n2C1CC1. The highest BCUT2D eigenvalue weighted by molar-refractivity contribution is 7.12. The van der Waals surface area contributed by atoms with Gasteiger partial charge >= 0.3 is 0 Å². The Morgan fingerprint density at radius 1 is 1.31 bits per heavy atom. The standard InChI is InChI=1S/C19H14FN3O2S/c20-14-10-13-15(9-11(14)5-3-1-2-4-8-21)23(12-6-7-12)19-16(17(13)24)18(25)22-26-19/h9-10,12H,1-2,4,6-7H2,(H,22,25). The van der Waals surface area contributed by atoms with Crippen LogP contribution in [-0.2, 0) is 0 Å². The summed E-state index contributed by atoms with van der Waals surface area (Å²) < 4.78 is 19.0. The van der Waals surface area contributed by atoms with Crippen molar-refractivity contribution >= 4 is 32.7 Å². The number of unbranched alkanes of at least 4 members (excludes halogenated alkanes) is 2. The van der Waals surface area contributed by atoms with Gasteiger partial charge in [-0.25, -0.2) is 4.39 Å². The lowest BCUT2D eigenvalue weighted by Gasteiger charge is -2.12. The second-order valence-electron chi connectivity index (χ2n) is 6.31.